The second-order valence-corrected chi connectivity index (χ2v) is 3.80. The van der Waals surface area contributed by atoms with E-state index in [4.69, 9.17) is 0 Å². The summed E-state index contributed by atoms with van der Waals surface area (Å²) in [7, 11) is 0. The van der Waals surface area contributed by atoms with Gasteiger partial charge < -0.3 is 10.6 Å². The van der Waals surface area contributed by atoms with Crippen LogP contribution in [0.25, 0.3) is 0 Å². The summed E-state index contributed by atoms with van der Waals surface area (Å²) >= 11 is 0. The quantitative estimate of drug-likeness (QED) is 0.612. The van der Waals surface area contributed by atoms with Gasteiger partial charge in [0.1, 0.15) is 0 Å². The van der Waals surface area contributed by atoms with E-state index >= 15 is 0 Å². The van der Waals surface area contributed by atoms with Gasteiger partial charge in [0, 0.05) is 26.1 Å². The van der Waals surface area contributed by atoms with Crippen molar-refractivity contribution < 1.29 is 4.79 Å². The lowest BCUT2D eigenvalue weighted by Crippen LogP contribution is -2.38. The normalized spacial score (nSPS) is 12.9. The summed E-state index contributed by atoms with van der Waals surface area (Å²) in [5.74, 6) is 0.786. The van der Waals surface area contributed by atoms with Crippen molar-refractivity contribution >= 4 is 5.91 Å². The molecule has 2 N–H and O–H groups in total. The van der Waals surface area contributed by atoms with Crippen molar-refractivity contribution in [1.29, 1.82) is 0 Å². The zero-order valence-corrected chi connectivity index (χ0v) is 9.89. The highest BCUT2D eigenvalue weighted by atomic mass is 16.1. The van der Waals surface area contributed by atoms with Crippen molar-refractivity contribution in [3.63, 3.8) is 0 Å². The van der Waals surface area contributed by atoms with Crippen molar-refractivity contribution in [3.05, 3.63) is 0 Å². The van der Waals surface area contributed by atoms with Gasteiger partial charge in [0.05, 0.1) is 0 Å². The van der Waals surface area contributed by atoms with Crippen molar-refractivity contribution in [2.24, 2.45) is 5.92 Å². The molecule has 0 saturated carbocycles. The summed E-state index contributed by atoms with van der Waals surface area (Å²) in [4.78, 5) is 10.6. The maximum atomic E-state index is 10.6. The van der Waals surface area contributed by atoms with E-state index < -0.39 is 0 Å². The van der Waals surface area contributed by atoms with E-state index in [2.05, 4.69) is 31.4 Å². The molecule has 0 radical (unpaired) electrons. The van der Waals surface area contributed by atoms with E-state index in [1.165, 1.54) is 12.8 Å². The average molecular weight is 200 g/mol. The predicted octanol–water partition coefficient (Wildman–Crippen LogP) is 1.54. The highest BCUT2D eigenvalue weighted by Crippen LogP contribution is 2.11. The van der Waals surface area contributed by atoms with Gasteiger partial charge in [-0.25, -0.2) is 0 Å². The minimum absolute atomic E-state index is 0.0435. The first-order chi connectivity index (χ1) is 6.61. The standard InChI is InChI=1S/C11H24N2O/c1-5-11(6-2)9(3)12-7-8-13-10(4)14/h9,11-12H,5-8H2,1-4H3,(H,13,14). The van der Waals surface area contributed by atoms with Crippen LogP contribution in [0.2, 0.25) is 0 Å². The van der Waals surface area contributed by atoms with E-state index in [1.54, 1.807) is 6.92 Å². The van der Waals surface area contributed by atoms with E-state index in [0.717, 1.165) is 19.0 Å². The molecule has 1 amide bonds. The summed E-state index contributed by atoms with van der Waals surface area (Å²) in [6.07, 6.45) is 2.43. The predicted molar refractivity (Wildman–Crippen MR) is 60.2 cm³/mol. The van der Waals surface area contributed by atoms with Gasteiger partial charge in [-0.3, -0.25) is 4.79 Å². The van der Waals surface area contributed by atoms with Crippen LogP contribution in [0, 0.1) is 5.92 Å². The molecule has 0 aliphatic carbocycles. The SMILES string of the molecule is CCC(CC)C(C)NCCNC(C)=O. The summed E-state index contributed by atoms with van der Waals surface area (Å²) in [5.41, 5.74) is 0. The lowest BCUT2D eigenvalue weighted by molar-refractivity contribution is -0.118. The van der Waals surface area contributed by atoms with E-state index in [9.17, 15) is 4.79 Å². The van der Waals surface area contributed by atoms with Crippen LogP contribution in [0.4, 0.5) is 0 Å². The van der Waals surface area contributed by atoms with Crippen LogP contribution in [0.1, 0.15) is 40.5 Å². The monoisotopic (exact) mass is 200 g/mol. The molecule has 3 nitrogen and oxygen atoms in total. The highest BCUT2D eigenvalue weighted by molar-refractivity contribution is 5.72. The zero-order valence-electron chi connectivity index (χ0n) is 9.89. The number of amides is 1. The van der Waals surface area contributed by atoms with E-state index in [1.807, 2.05) is 0 Å². The molecule has 14 heavy (non-hydrogen) atoms. The molecule has 0 fully saturated rings. The summed E-state index contributed by atoms with van der Waals surface area (Å²) in [5, 5.41) is 6.20. The average Bonchev–Trinajstić information content (AvgIpc) is 2.14. The molecule has 0 aliphatic heterocycles. The molecule has 0 aromatic heterocycles. The summed E-state index contributed by atoms with van der Waals surface area (Å²) < 4.78 is 0. The molecular weight excluding hydrogens is 176 g/mol. The number of rotatable bonds is 7. The first-order valence-electron chi connectivity index (χ1n) is 5.59. The fourth-order valence-corrected chi connectivity index (χ4v) is 1.70. The molecule has 0 aromatic rings. The van der Waals surface area contributed by atoms with Gasteiger partial charge in [0.25, 0.3) is 0 Å². The fraction of sp³-hybridized carbons (Fsp3) is 0.909. The lowest BCUT2D eigenvalue weighted by atomic mass is 9.95. The Bertz CT molecular complexity index is 155. The van der Waals surface area contributed by atoms with Crippen LogP contribution in [0.3, 0.4) is 0 Å². The third-order valence-electron chi connectivity index (χ3n) is 2.72. The Morgan fingerprint density at radius 3 is 2.21 bits per heavy atom. The van der Waals surface area contributed by atoms with Gasteiger partial charge in [-0.15, -0.1) is 0 Å². The van der Waals surface area contributed by atoms with Crippen LogP contribution in [0.15, 0.2) is 0 Å². The van der Waals surface area contributed by atoms with E-state index in [-0.39, 0.29) is 5.91 Å². The van der Waals surface area contributed by atoms with Gasteiger partial charge in [0.15, 0.2) is 0 Å². The van der Waals surface area contributed by atoms with Gasteiger partial charge >= 0.3 is 0 Å². The number of hydrogen-bond acceptors (Lipinski definition) is 2. The smallest absolute Gasteiger partial charge is 0.216 e. The Kier molecular flexibility index (Phi) is 7.48. The molecule has 0 aromatic carbocycles. The molecule has 0 bridgehead atoms. The molecule has 1 unspecified atom stereocenters. The topological polar surface area (TPSA) is 41.1 Å². The number of hydrogen-bond donors (Lipinski definition) is 2. The third kappa shape index (κ3) is 5.97. The largest absolute Gasteiger partial charge is 0.355 e. The molecule has 0 rings (SSSR count). The number of carbonyl (C=O) groups excluding carboxylic acids is 1. The molecule has 3 heteroatoms. The van der Waals surface area contributed by atoms with Gasteiger partial charge in [-0.2, -0.15) is 0 Å². The number of nitrogens with one attached hydrogen (secondary N) is 2. The van der Waals surface area contributed by atoms with Crippen molar-refractivity contribution in [2.75, 3.05) is 13.1 Å². The second-order valence-electron chi connectivity index (χ2n) is 3.80. The van der Waals surface area contributed by atoms with Crippen molar-refractivity contribution in [2.45, 2.75) is 46.6 Å². The molecule has 0 aliphatic rings. The first-order valence-corrected chi connectivity index (χ1v) is 5.59. The summed E-state index contributed by atoms with van der Waals surface area (Å²) in [6, 6.07) is 0.541. The third-order valence-corrected chi connectivity index (χ3v) is 2.72. The molecule has 0 heterocycles. The molecule has 0 saturated heterocycles. The van der Waals surface area contributed by atoms with E-state index in [0.29, 0.717) is 6.04 Å². The van der Waals surface area contributed by atoms with Crippen molar-refractivity contribution in [3.8, 4) is 0 Å². The Balaban J connectivity index is 3.51. The molecule has 1 atom stereocenters. The molecule has 0 spiro atoms. The Labute approximate surface area is 87.6 Å². The molecule has 84 valence electrons. The number of carbonyl (C=O) groups is 1. The Morgan fingerprint density at radius 1 is 1.21 bits per heavy atom. The fourth-order valence-electron chi connectivity index (χ4n) is 1.70. The second kappa shape index (κ2) is 7.80. The Hall–Kier alpha value is -0.570. The van der Waals surface area contributed by atoms with Gasteiger partial charge in [-0.05, 0) is 12.8 Å². The van der Waals surface area contributed by atoms with Crippen LogP contribution in [0.5, 0.6) is 0 Å². The van der Waals surface area contributed by atoms with Gasteiger partial charge in [0.2, 0.25) is 5.91 Å². The van der Waals surface area contributed by atoms with Crippen LogP contribution >= 0.6 is 0 Å². The Morgan fingerprint density at radius 2 is 1.79 bits per heavy atom. The van der Waals surface area contributed by atoms with Crippen molar-refractivity contribution in [1.82, 2.24) is 10.6 Å². The minimum atomic E-state index is 0.0435. The maximum Gasteiger partial charge on any atom is 0.216 e. The molecular formula is C11H24N2O. The van der Waals surface area contributed by atoms with Crippen LogP contribution < -0.4 is 10.6 Å². The lowest BCUT2D eigenvalue weighted by Gasteiger charge is -2.22. The van der Waals surface area contributed by atoms with Crippen LogP contribution in [-0.2, 0) is 4.79 Å². The highest BCUT2D eigenvalue weighted by Gasteiger charge is 2.11. The van der Waals surface area contributed by atoms with Gasteiger partial charge in [-0.1, -0.05) is 26.7 Å². The van der Waals surface area contributed by atoms with Crippen LogP contribution in [-0.4, -0.2) is 25.0 Å². The zero-order chi connectivity index (χ0) is 11.0. The summed E-state index contributed by atoms with van der Waals surface area (Å²) in [6.45, 7) is 9.78. The minimum Gasteiger partial charge on any atom is -0.355 e. The maximum absolute atomic E-state index is 10.6. The first kappa shape index (κ1) is 13.4.